The van der Waals surface area contributed by atoms with Crippen LogP contribution in [0.4, 0.5) is 4.79 Å². The van der Waals surface area contributed by atoms with Crippen LogP contribution in [0.2, 0.25) is 0 Å². The lowest BCUT2D eigenvalue weighted by Gasteiger charge is -2.31. The van der Waals surface area contributed by atoms with E-state index < -0.39 is 5.60 Å². The van der Waals surface area contributed by atoms with Gasteiger partial charge in [0.25, 0.3) is 0 Å². The minimum atomic E-state index is -0.502. The maximum absolute atomic E-state index is 12.1. The Morgan fingerprint density at radius 1 is 1.47 bits per heavy atom. The summed E-state index contributed by atoms with van der Waals surface area (Å²) in [6, 6.07) is -0.00528. The van der Waals surface area contributed by atoms with Gasteiger partial charge in [-0.2, -0.15) is 0 Å². The average Bonchev–Trinajstić information content (AvgIpc) is 2.58. The second kappa shape index (κ2) is 5.54. The van der Waals surface area contributed by atoms with Gasteiger partial charge in [0.05, 0.1) is 12.6 Å². The summed E-state index contributed by atoms with van der Waals surface area (Å²) in [6.07, 6.45) is 3.95. The van der Waals surface area contributed by atoms with Crippen LogP contribution in [0.5, 0.6) is 0 Å². The highest BCUT2D eigenvalue weighted by atomic mass is 16.6. The van der Waals surface area contributed by atoms with Crippen LogP contribution < -0.4 is 0 Å². The van der Waals surface area contributed by atoms with Gasteiger partial charge in [-0.3, -0.25) is 4.90 Å². The van der Waals surface area contributed by atoms with E-state index in [9.17, 15) is 9.90 Å². The minimum Gasteiger partial charge on any atom is -0.444 e. The molecule has 0 aromatic carbocycles. The van der Waals surface area contributed by atoms with Gasteiger partial charge in [0, 0.05) is 6.04 Å². The van der Waals surface area contributed by atoms with Gasteiger partial charge in [0.1, 0.15) is 5.60 Å². The molecule has 17 heavy (non-hydrogen) atoms. The zero-order valence-corrected chi connectivity index (χ0v) is 11.0. The predicted molar refractivity (Wildman–Crippen MR) is 66.8 cm³/mol. The van der Waals surface area contributed by atoms with Gasteiger partial charge in [-0.05, 0) is 40.0 Å². The molecule has 98 valence electrons. The number of aliphatic hydroxyl groups excluding tert-OH is 1. The van der Waals surface area contributed by atoms with E-state index in [1.807, 2.05) is 26.8 Å². The van der Waals surface area contributed by atoms with Crippen molar-refractivity contribution in [3.8, 4) is 0 Å². The molecule has 1 amide bonds. The molecule has 1 heterocycles. The zero-order valence-electron chi connectivity index (χ0n) is 11.0. The molecule has 1 aliphatic heterocycles. The van der Waals surface area contributed by atoms with Crippen LogP contribution in [0, 0.1) is 0 Å². The lowest BCUT2D eigenvalue weighted by Crippen LogP contribution is -2.45. The predicted octanol–water partition coefficient (Wildman–Crippen LogP) is 2.32. The molecular formula is C13H23NO3. The topological polar surface area (TPSA) is 49.8 Å². The van der Waals surface area contributed by atoms with E-state index in [0.29, 0.717) is 0 Å². The number of hydrogen-bond donors (Lipinski definition) is 1. The molecule has 1 saturated heterocycles. The van der Waals surface area contributed by atoms with Crippen molar-refractivity contribution in [2.45, 2.75) is 57.7 Å². The van der Waals surface area contributed by atoms with Gasteiger partial charge in [-0.25, -0.2) is 4.79 Å². The summed E-state index contributed by atoms with van der Waals surface area (Å²) in [7, 11) is 0. The first-order chi connectivity index (χ1) is 7.89. The SMILES string of the molecule is C=CC[C@@H]1CC[C@@H](CO)N1C(=O)OC(C)(C)C. The molecule has 1 aliphatic rings. The van der Waals surface area contributed by atoms with E-state index in [2.05, 4.69) is 6.58 Å². The Morgan fingerprint density at radius 2 is 2.06 bits per heavy atom. The van der Waals surface area contributed by atoms with Gasteiger partial charge in [-0.1, -0.05) is 6.08 Å². The number of rotatable bonds is 3. The molecule has 4 nitrogen and oxygen atoms in total. The van der Waals surface area contributed by atoms with E-state index in [1.165, 1.54) is 0 Å². The van der Waals surface area contributed by atoms with Crippen molar-refractivity contribution in [3.05, 3.63) is 12.7 Å². The quantitative estimate of drug-likeness (QED) is 0.771. The lowest BCUT2D eigenvalue weighted by atomic mass is 10.1. The van der Waals surface area contributed by atoms with Gasteiger partial charge >= 0.3 is 6.09 Å². The number of ether oxygens (including phenoxy) is 1. The Hall–Kier alpha value is -1.03. The van der Waals surface area contributed by atoms with Crippen LogP contribution in [0.1, 0.15) is 40.0 Å². The van der Waals surface area contributed by atoms with Gasteiger partial charge < -0.3 is 9.84 Å². The number of hydrogen-bond acceptors (Lipinski definition) is 3. The van der Waals surface area contributed by atoms with E-state index in [1.54, 1.807) is 4.90 Å². The summed E-state index contributed by atoms with van der Waals surface area (Å²) in [5.41, 5.74) is -0.502. The van der Waals surface area contributed by atoms with Crippen LogP contribution in [-0.2, 0) is 4.74 Å². The molecule has 1 fully saturated rings. The van der Waals surface area contributed by atoms with E-state index in [4.69, 9.17) is 4.74 Å². The molecule has 0 unspecified atom stereocenters. The number of carbonyl (C=O) groups excluding carboxylic acids is 1. The molecule has 0 aromatic rings. The van der Waals surface area contributed by atoms with Crippen molar-refractivity contribution < 1.29 is 14.6 Å². The molecule has 1 rings (SSSR count). The molecular weight excluding hydrogens is 218 g/mol. The Labute approximate surface area is 103 Å². The highest BCUT2D eigenvalue weighted by Gasteiger charge is 2.38. The first kappa shape index (κ1) is 14.0. The molecule has 2 atom stereocenters. The molecule has 0 aromatic heterocycles. The third-order valence-electron chi connectivity index (χ3n) is 2.87. The second-order valence-electron chi connectivity index (χ2n) is 5.48. The Morgan fingerprint density at radius 3 is 2.53 bits per heavy atom. The summed E-state index contributed by atoms with van der Waals surface area (Å²) >= 11 is 0. The maximum atomic E-state index is 12.1. The fraction of sp³-hybridized carbons (Fsp3) is 0.769. The Balaban J connectivity index is 2.74. The number of likely N-dealkylation sites (tertiary alicyclic amines) is 1. The number of carbonyl (C=O) groups is 1. The molecule has 1 N–H and O–H groups in total. The average molecular weight is 241 g/mol. The van der Waals surface area contributed by atoms with Crippen molar-refractivity contribution in [2.75, 3.05) is 6.61 Å². The first-order valence-corrected chi connectivity index (χ1v) is 6.12. The third kappa shape index (κ3) is 3.73. The van der Waals surface area contributed by atoms with Crippen LogP contribution >= 0.6 is 0 Å². The van der Waals surface area contributed by atoms with E-state index in [-0.39, 0.29) is 24.8 Å². The number of nitrogens with zero attached hydrogens (tertiary/aromatic N) is 1. The standard InChI is InChI=1S/C13H23NO3/c1-5-6-10-7-8-11(9-15)14(10)12(16)17-13(2,3)4/h5,10-11,15H,1,6-9H2,2-4H3/t10-,11+/m1/s1. The second-order valence-corrected chi connectivity index (χ2v) is 5.48. The van der Waals surface area contributed by atoms with Gasteiger partial charge in [0.15, 0.2) is 0 Å². The van der Waals surface area contributed by atoms with Crippen molar-refractivity contribution in [1.82, 2.24) is 4.90 Å². The van der Waals surface area contributed by atoms with Gasteiger partial charge in [0.2, 0.25) is 0 Å². The van der Waals surface area contributed by atoms with Crippen molar-refractivity contribution in [1.29, 1.82) is 0 Å². The third-order valence-corrected chi connectivity index (χ3v) is 2.87. The maximum Gasteiger partial charge on any atom is 0.410 e. The summed E-state index contributed by atoms with van der Waals surface area (Å²) in [5, 5.41) is 9.29. The fourth-order valence-corrected chi connectivity index (χ4v) is 2.18. The highest BCUT2D eigenvalue weighted by Crippen LogP contribution is 2.28. The summed E-state index contributed by atoms with van der Waals surface area (Å²) in [6.45, 7) is 9.23. The number of aliphatic hydroxyl groups is 1. The smallest absolute Gasteiger partial charge is 0.410 e. The molecule has 0 spiro atoms. The van der Waals surface area contributed by atoms with Crippen molar-refractivity contribution in [2.24, 2.45) is 0 Å². The summed E-state index contributed by atoms with van der Waals surface area (Å²) < 4.78 is 5.37. The summed E-state index contributed by atoms with van der Waals surface area (Å²) in [5.74, 6) is 0. The van der Waals surface area contributed by atoms with Crippen molar-refractivity contribution in [3.63, 3.8) is 0 Å². The molecule has 0 radical (unpaired) electrons. The largest absolute Gasteiger partial charge is 0.444 e. The molecule has 0 bridgehead atoms. The van der Waals surface area contributed by atoms with Crippen LogP contribution in [0.15, 0.2) is 12.7 Å². The van der Waals surface area contributed by atoms with Crippen LogP contribution in [-0.4, -0.2) is 40.4 Å². The van der Waals surface area contributed by atoms with Crippen LogP contribution in [0.3, 0.4) is 0 Å². The zero-order chi connectivity index (χ0) is 13.1. The highest BCUT2D eigenvalue weighted by molar-refractivity contribution is 5.69. The minimum absolute atomic E-state index is 0.00706. The molecule has 4 heteroatoms. The van der Waals surface area contributed by atoms with E-state index >= 15 is 0 Å². The normalized spacial score (nSPS) is 24.8. The van der Waals surface area contributed by atoms with Gasteiger partial charge in [-0.15, -0.1) is 6.58 Å². The molecule has 0 saturated carbocycles. The lowest BCUT2D eigenvalue weighted by molar-refractivity contribution is 0.00922. The monoisotopic (exact) mass is 241 g/mol. The van der Waals surface area contributed by atoms with E-state index in [0.717, 1.165) is 19.3 Å². The van der Waals surface area contributed by atoms with Crippen LogP contribution in [0.25, 0.3) is 0 Å². The molecule has 0 aliphatic carbocycles. The first-order valence-electron chi connectivity index (χ1n) is 6.12. The fourth-order valence-electron chi connectivity index (χ4n) is 2.18. The Kier molecular flexibility index (Phi) is 4.57. The number of amides is 1. The summed E-state index contributed by atoms with van der Waals surface area (Å²) in [4.78, 5) is 13.7. The van der Waals surface area contributed by atoms with Crippen molar-refractivity contribution >= 4 is 6.09 Å². The Bertz CT molecular complexity index is 283.